The van der Waals surface area contributed by atoms with Crippen LogP contribution in [-0.2, 0) is 19.1 Å². The Balaban J connectivity index is 1.39. The van der Waals surface area contributed by atoms with Crippen LogP contribution < -0.4 is 5.32 Å². The van der Waals surface area contributed by atoms with Gasteiger partial charge in [0.15, 0.2) is 0 Å². The van der Waals surface area contributed by atoms with Crippen molar-refractivity contribution >= 4 is 18.0 Å². The Morgan fingerprint density at radius 2 is 1.65 bits per heavy atom. The summed E-state index contributed by atoms with van der Waals surface area (Å²) in [5.41, 5.74) is 4.35. The van der Waals surface area contributed by atoms with Gasteiger partial charge in [-0.2, -0.15) is 0 Å². The number of carboxylic acid groups (broad SMARTS) is 1. The molecular weight excluding hydrogens is 436 g/mol. The summed E-state index contributed by atoms with van der Waals surface area (Å²) in [6.07, 6.45) is 0.650. The van der Waals surface area contributed by atoms with Crippen molar-refractivity contribution in [3.05, 3.63) is 59.7 Å². The second-order valence-corrected chi connectivity index (χ2v) is 8.95. The first-order chi connectivity index (χ1) is 16.4. The van der Waals surface area contributed by atoms with E-state index in [9.17, 15) is 19.5 Å². The fourth-order valence-electron chi connectivity index (χ4n) is 4.67. The zero-order chi connectivity index (χ0) is 24.2. The van der Waals surface area contributed by atoms with Gasteiger partial charge in [-0.1, -0.05) is 48.5 Å². The van der Waals surface area contributed by atoms with Crippen molar-refractivity contribution in [3.8, 4) is 11.1 Å². The molecule has 8 heteroatoms. The number of alkyl carbamates (subject to hydrolysis) is 1. The summed E-state index contributed by atoms with van der Waals surface area (Å²) in [4.78, 5) is 38.3. The highest BCUT2D eigenvalue weighted by Crippen LogP contribution is 2.44. The predicted molar refractivity (Wildman–Crippen MR) is 125 cm³/mol. The smallest absolute Gasteiger partial charge is 0.407 e. The number of rotatable bonds is 10. The van der Waals surface area contributed by atoms with Crippen LogP contribution in [0.4, 0.5) is 4.79 Å². The molecule has 1 saturated carbocycles. The molecule has 1 fully saturated rings. The van der Waals surface area contributed by atoms with Crippen LogP contribution in [0.2, 0.25) is 0 Å². The van der Waals surface area contributed by atoms with Crippen LogP contribution in [0.3, 0.4) is 0 Å². The molecule has 2 aromatic rings. The summed E-state index contributed by atoms with van der Waals surface area (Å²) >= 11 is 0. The van der Waals surface area contributed by atoms with Crippen LogP contribution in [0.15, 0.2) is 48.5 Å². The van der Waals surface area contributed by atoms with Gasteiger partial charge in [0.05, 0.1) is 12.5 Å². The third-order valence-electron chi connectivity index (χ3n) is 6.59. The lowest BCUT2D eigenvalue weighted by atomic mass is 9.98. The molecule has 2 unspecified atom stereocenters. The van der Waals surface area contributed by atoms with Crippen LogP contribution in [-0.4, -0.2) is 67.4 Å². The molecule has 2 amide bonds. The van der Waals surface area contributed by atoms with Crippen molar-refractivity contribution in [2.45, 2.75) is 37.3 Å². The van der Waals surface area contributed by atoms with Gasteiger partial charge in [-0.15, -0.1) is 0 Å². The first kappa shape index (κ1) is 23.8. The average molecular weight is 467 g/mol. The molecule has 2 atom stereocenters. The summed E-state index contributed by atoms with van der Waals surface area (Å²) in [6.45, 7) is 0.416. The number of carboxylic acids is 1. The van der Waals surface area contributed by atoms with Crippen molar-refractivity contribution < 1.29 is 29.0 Å². The van der Waals surface area contributed by atoms with Crippen LogP contribution >= 0.6 is 0 Å². The van der Waals surface area contributed by atoms with Crippen LogP contribution in [0.1, 0.15) is 36.3 Å². The zero-order valence-corrected chi connectivity index (χ0v) is 19.4. The molecule has 8 nitrogen and oxygen atoms in total. The lowest BCUT2D eigenvalue weighted by molar-refractivity contribution is -0.142. The number of carbonyl (C=O) groups excluding carboxylic acids is 2. The maximum atomic E-state index is 12.9. The summed E-state index contributed by atoms with van der Waals surface area (Å²) in [5, 5.41) is 11.8. The molecule has 4 rings (SSSR count). The molecule has 34 heavy (non-hydrogen) atoms. The lowest BCUT2D eigenvalue weighted by Gasteiger charge is -2.27. The number of methoxy groups -OCH3 is 1. The molecule has 2 aliphatic carbocycles. The number of aliphatic carboxylic acids is 1. The first-order valence-electron chi connectivity index (χ1n) is 11.5. The molecule has 0 heterocycles. The second kappa shape index (κ2) is 10.3. The number of ether oxygens (including phenoxy) is 2. The van der Waals surface area contributed by atoms with Gasteiger partial charge in [-0.05, 0) is 41.0 Å². The molecule has 0 spiro atoms. The Labute approximate surface area is 198 Å². The monoisotopic (exact) mass is 466 g/mol. The van der Waals surface area contributed by atoms with Crippen LogP contribution in [0.25, 0.3) is 11.1 Å². The quantitative estimate of drug-likeness (QED) is 0.557. The number of benzene rings is 2. The van der Waals surface area contributed by atoms with Gasteiger partial charge in [0.1, 0.15) is 12.6 Å². The molecule has 0 bridgehead atoms. The van der Waals surface area contributed by atoms with Crippen LogP contribution in [0, 0.1) is 5.92 Å². The van der Waals surface area contributed by atoms with Crippen molar-refractivity contribution in [2.75, 3.05) is 27.3 Å². The summed E-state index contributed by atoms with van der Waals surface area (Å²) < 4.78 is 11.0. The van der Waals surface area contributed by atoms with Gasteiger partial charge in [0, 0.05) is 26.6 Å². The third kappa shape index (κ3) is 5.22. The van der Waals surface area contributed by atoms with Gasteiger partial charge < -0.3 is 24.8 Å². The lowest BCUT2D eigenvalue weighted by Crippen LogP contribution is -2.50. The molecule has 0 aliphatic heterocycles. The fraction of sp³-hybridized carbons (Fsp3) is 0.423. The predicted octanol–water partition coefficient (Wildman–Crippen LogP) is 3.25. The van der Waals surface area contributed by atoms with Crippen molar-refractivity contribution in [1.82, 2.24) is 10.2 Å². The topological polar surface area (TPSA) is 105 Å². The number of fused-ring (bicyclic) bond motifs is 3. The molecule has 180 valence electrons. The Kier molecular flexibility index (Phi) is 7.17. The van der Waals surface area contributed by atoms with Gasteiger partial charge in [-0.3, -0.25) is 9.59 Å². The van der Waals surface area contributed by atoms with E-state index in [2.05, 4.69) is 5.32 Å². The summed E-state index contributed by atoms with van der Waals surface area (Å²) in [7, 11) is 3.19. The highest BCUT2D eigenvalue weighted by atomic mass is 16.5. The van der Waals surface area contributed by atoms with Gasteiger partial charge in [0.2, 0.25) is 5.91 Å². The number of likely N-dealkylation sites (N-methyl/N-ethyl adjacent to an activating group) is 1. The number of carbonyl (C=O) groups is 3. The van der Waals surface area contributed by atoms with E-state index in [1.165, 1.54) is 4.90 Å². The highest BCUT2D eigenvalue weighted by molar-refractivity contribution is 5.89. The molecule has 0 saturated heterocycles. The SMILES string of the molecule is COC(CN(C)C(=O)C(CC(=O)O)NC(=O)OCC1c2ccccc2-c2ccccc21)C1CC1. The summed E-state index contributed by atoms with van der Waals surface area (Å²) in [5.74, 6) is -1.39. The van der Waals surface area contributed by atoms with Crippen molar-refractivity contribution in [1.29, 1.82) is 0 Å². The van der Waals surface area contributed by atoms with E-state index in [1.54, 1.807) is 14.2 Å². The Morgan fingerprint density at radius 3 is 2.18 bits per heavy atom. The molecule has 2 aromatic carbocycles. The molecule has 0 radical (unpaired) electrons. The minimum Gasteiger partial charge on any atom is -0.481 e. The van der Waals surface area contributed by atoms with Crippen LogP contribution in [0.5, 0.6) is 0 Å². The average Bonchev–Trinajstić information content (AvgIpc) is 3.62. The van der Waals surface area contributed by atoms with E-state index in [1.807, 2.05) is 48.5 Å². The maximum Gasteiger partial charge on any atom is 0.407 e. The summed E-state index contributed by atoms with van der Waals surface area (Å²) in [6, 6.07) is 14.7. The number of nitrogens with one attached hydrogen (secondary N) is 1. The number of nitrogens with zero attached hydrogens (tertiary/aromatic N) is 1. The third-order valence-corrected chi connectivity index (χ3v) is 6.59. The van der Waals surface area contributed by atoms with E-state index in [4.69, 9.17) is 9.47 Å². The first-order valence-corrected chi connectivity index (χ1v) is 11.5. The van der Waals surface area contributed by atoms with E-state index < -0.39 is 30.4 Å². The molecule has 2 N–H and O–H groups in total. The van der Waals surface area contributed by atoms with E-state index in [0.29, 0.717) is 12.5 Å². The molecular formula is C26H30N2O6. The molecule has 0 aromatic heterocycles. The normalized spacial score (nSPS) is 16.2. The van der Waals surface area contributed by atoms with Crippen molar-refractivity contribution in [2.24, 2.45) is 5.92 Å². The Bertz CT molecular complexity index is 1020. The fourth-order valence-corrected chi connectivity index (χ4v) is 4.67. The number of hydrogen-bond acceptors (Lipinski definition) is 5. The van der Waals surface area contributed by atoms with Gasteiger partial charge >= 0.3 is 12.1 Å². The number of amides is 2. The minimum atomic E-state index is -1.23. The van der Waals surface area contributed by atoms with Crippen molar-refractivity contribution in [3.63, 3.8) is 0 Å². The largest absolute Gasteiger partial charge is 0.481 e. The second-order valence-electron chi connectivity index (χ2n) is 8.95. The van der Waals surface area contributed by atoms with E-state index >= 15 is 0 Å². The maximum absolute atomic E-state index is 12.9. The number of hydrogen-bond donors (Lipinski definition) is 2. The van der Waals surface area contributed by atoms with E-state index in [-0.39, 0.29) is 18.6 Å². The minimum absolute atomic E-state index is 0.0805. The van der Waals surface area contributed by atoms with Gasteiger partial charge in [0.25, 0.3) is 0 Å². The Morgan fingerprint density at radius 1 is 1.06 bits per heavy atom. The van der Waals surface area contributed by atoms with E-state index in [0.717, 1.165) is 35.1 Å². The molecule has 2 aliphatic rings. The standard InChI is InChI=1S/C26H30N2O6/c1-28(14-23(33-2)16-11-12-16)25(31)22(13-24(29)30)27-26(32)34-15-21-19-9-5-3-7-17(19)18-8-4-6-10-20(18)21/h3-10,16,21-23H,11-15H2,1-2H3,(H,27,32)(H,29,30). The van der Waals surface area contributed by atoms with Gasteiger partial charge in [-0.25, -0.2) is 4.79 Å². The zero-order valence-electron chi connectivity index (χ0n) is 19.4. The highest BCUT2D eigenvalue weighted by Gasteiger charge is 2.35. The Hall–Kier alpha value is -3.39.